The summed E-state index contributed by atoms with van der Waals surface area (Å²) in [5.74, 6) is -1.48. The van der Waals surface area contributed by atoms with Gasteiger partial charge in [-0.05, 0) is 37.3 Å². The Labute approximate surface area is 176 Å². The Morgan fingerprint density at radius 1 is 1.26 bits per heavy atom. The van der Waals surface area contributed by atoms with Crippen LogP contribution in [-0.2, 0) is 16.0 Å². The number of nitrogens with zero attached hydrogens (tertiary/aromatic N) is 2. The van der Waals surface area contributed by atoms with Gasteiger partial charge in [-0.15, -0.1) is 0 Å². The number of H-pyrrole nitrogens is 1. The van der Waals surface area contributed by atoms with Crippen LogP contribution in [-0.4, -0.2) is 64.0 Å². The molecule has 7 nitrogen and oxygen atoms in total. The van der Waals surface area contributed by atoms with Gasteiger partial charge in [0.1, 0.15) is 19.1 Å². The average molecular weight is 436 g/mol. The summed E-state index contributed by atoms with van der Waals surface area (Å²) in [6.45, 7) is -0.527. The summed E-state index contributed by atoms with van der Waals surface area (Å²) in [6, 6.07) is 5.25. The molecule has 1 aliphatic carbocycles. The molecule has 0 spiro atoms. The normalized spacial score (nSPS) is 20.3. The van der Waals surface area contributed by atoms with Crippen molar-refractivity contribution in [3.05, 3.63) is 36.0 Å². The monoisotopic (exact) mass is 436 g/mol. The van der Waals surface area contributed by atoms with Crippen molar-refractivity contribution in [1.82, 2.24) is 20.1 Å². The van der Waals surface area contributed by atoms with Gasteiger partial charge in [0.05, 0.1) is 0 Å². The Morgan fingerprint density at radius 2 is 1.97 bits per heavy atom. The number of carbonyl (C=O) groups is 3. The summed E-state index contributed by atoms with van der Waals surface area (Å²) in [5, 5.41) is 3.46. The van der Waals surface area contributed by atoms with Crippen LogP contribution in [0.5, 0.6) is 0 Å². The Kier molecular flexibility index (Phi) is 5.40. The molecule has 0 bridgehead atoms. The molecule has 2 aliphatic rings. The van der Waals surface area contributed by atoms with Gasteiger partial charge in [-0.2, -0.15) is 13.2 Å². The Balaban J connectivity index is 1.46. The summed E-state index contributed by atoms with van der Waals surface area (Å²) >= 11 is 0. The van der Waals surface area contributed by atoms with Crippen LogP contribution in [0.25, 0.3) is 10.9 Å². The van der Waals surface area contributed by atoms with Gasteiger partial charge in [0.25, 0.3) is 5.91 Å². The first-order valence-electron chi connectivity index (χ1n) is 10.2. The van der Waals surface area contributed by atoms with Crippen molar-refractivity contribution in [2.45, 2.75) is 44.4 Å². The second-order valence-electron chi connectivity index (χ2n) is 8.20. The van der Waals surface area contributed by atoms with E-state index in [-0.39, 0.29) is 12.3 Å². The van der Waals surface area contributed by atoms with Crippen molar-refractivity contribution in [3.8, 4) is 0 Å². The smallest absolute Gasteiger partial charge is 0.361 e. The molecule has 2 atom stereocenters. The van der Waals surface area contributed by atoms with E-state index in [1.54, 1.807) is 13.1 Å². The largest absolute Gasteiger partial charge is 0.406 e. The molecule has 166 valence electrons. The zero-order valence-corrected chi connectivity index (χ0v) is 16.9. The van der Waals surface area contributed by atoms with Crippen LogP contribution in [0, 0.1) is 5.92 Å². The molecule has 0 unspecified atom stereocenters. The van der Waals surface area contributed by atoms with Crippen LogP contribution in [0.3, 0.4) is 0 Å². The topological polar surface area (TPSA) is 85.5 Å². The molecule has 2 fully saturated rings. The molecule has 1 aromatic heterocycles. The number of nitrogens with one attached hydrogen (secondary N) is 2. The van der Waals surface area contributed by atoms with Gasteiger partial charge in [-0.25, -0.2) is 4.79 Å². The number of rotatable bonds is 7. The average Bonchev–Trinajstić information content (AvgIpc) is 3.44. The van der Waals surface area contributed by atoms with Gasteiger partial charge >= 0.3 is 12.2 Å². The van der Waals surface area contributed by atoms with E-state index in [0.717, 1.165) is 34.2 Å². The van der Waals surface area contributed by atoms with E-state index in [1.165, 1.54) is 0 Å². The van der Waals surface area contributed by atoms with Gasteiger partial charge < -0.3 is 15.2 Å². The number of imide groups is 1. The minimum absolute atomic E-state index is 0.0176. The zero-order valence-electron chi connectivity index (χ0n) is 16.9. The highest BCUT2D eigenvalue weighted by Crippen LogP contribution is 2.36. The summed E-state index contributed by atoms with van der Waals surface area (Å²) in [7, 11) is 0. The summed E-state index contributed by atoms with van der Waals surface area (Å²) < 4.78 is 39.1. The molecule has 4 amide bonds. The molecule has 2 N–H and O–H groups in total. The fourth-order valence-corrected chi connectivity index (χ4v) is 4.10. The number of alkyl halides is 3. The lowest BCUT2D eigenvalue weighted by Crippen LogP contribution is -2.50. The SMILES string of the molecule is C[C@H](C1CC1)N(CC(F)(F)F)C(=O)CN1C(=O)N[C@H](Cc2c[nH]c3ccccc23)C1=O. The summed E-state index contributed by atoms with van der Waals surface area (Å²) in [6.07, 6.45) is -1.07. The number of fused-ring (bicyclic) bond motifs is 1. The lowest BCUT2D eigenvalue weighted by molar-refractivity contribution is -0.166. The Hall–Kier alpha value is -3.04. The highest BCUT2D eigenvalue weighted by molar-refractivity contribution is 6.06. The van der Waals surface area contributed by atoms with E-state index < -0.39 is 49.2 Å². The molecule has 1 saturated carbocycles. The van der Waals surface area contributed by atoms with Gasteiger partial charge in [0, 0.05) is 29.6 Å². The van der Waals surface area contributed by atoms with E-state index in [1.807, 2.05) is 24.3 Å². The standard InChI is InChI=1S/C21H23F3N4O3/c1-12(13-6-7-13)28(11-21(22,23)24)18(29)10-27-19(30)17(26-20(27)31)8-14-9-25-16-5-3-2-4-15(14)16/h2-5,9,12-13,17,25H,6-8,10-11H2,1H3,(H,26,31)/t12-,17-/m1/s1. The number of urea groups is 1. The minimum Gasteiger partial charge on any atom is -0.361 e. The van der Waals surface area contributed by atoms with Crippen LogP contribution in [0.2, 0.25) is 0 Å². The van der Waals surface area contributed by atoms with Crippen molar-refractivity contribution >= 4 is 28.7 Å². The number of benzene rings is 1. The maximum absolute atomic E-state index is 13.0. The molecular formula is C21H23F3N4O3. The van der Waals surface area contributed by atoms with Gasteiger partial charge in [0.2, 0.25) is 5.91 Å². The fourth-order valence-electron chi connectivity index (χ4n) is 4.10. The number of hydrogen-bond donors (Lipinski definition) is 2. The summed E-state index contributed by atoms with van der Waals surface area (Å²) in [4.78, 5) is 42.4. The van der Waals surface area contributed by atoms with Gasteiger partial charge in [0.15, 0.2) is 0 Å². The number of carbonyl (C=O) groups excluding carboxylic acids is 3. The lowest BCUT2D eigenvalue weighted by Gasteiger charge is -2.31. The van der Waals surface area contributed by atoms with Crippen LogP contribution in [0.1, 0.15) is 25.3 Å². The minimum atomic E-state index is -4.56. The van der Waals surface area contributed by atoms with Crippen LogP contribution < -0.4 is 5.32 Å². The Morgan fingerprint density at radius 3 is 2.65 bits per heavy atom. The first-order valence-corrected chi connectivity index (χ1v) is 10.2. The molecule has 10 heteroatoms. The molecule has 31 heavy (non-hydrogen) atoms. The fraction of sp³-hybridized carbons (Fsp3) is 0.476. The number of halogens is 3. The van der Waals surface area contributed by atoms with Crippen LogP contribution >= 0.6 is 0 Å². The highest BCUT2D eigenvalue weighted by Gasteiger charge is 2.44. The van der Waals surface area contributed by atoms with Crippen molar-refractivity contribution < 1.29 is 27.6 Å². The van der Waals surface area contributed by atoms with Crippen LogP contribution in [0.4, 0.5) is 18.0 Å². The van der Waals surface area contributed by atoms with Crippen molar-refractivity contribution in [2.24, 2.45) is 5.92 Å². The van der Waals surface area contributed by atoms with Crippen LogP contribution in [0.15, 0.2) is 30.5 Å². The number of hydrogen-bond acceptors (Lipinski definition) is 3. The lowest BCUT2D eigenvalue weighted by atomic mass is 10.1. The quantitative estimate of drug-likeness (QED) is 0.655. The maximum Gasteiger partial charge on any atom is 0.406 e. The van der Waals surface area contributed by atoms with E-state index in [0.29, 0.717) is 4.90 Å². The molecular weight excluding hydrogens is 413 g/mol. The van der Waals surface area contributed by atoms with E-state index in [9.17, 15) is 27.6 Å². The molecule has 0 radical (unpaired) electrons. The van der Waals surface area contributed by atoms with E-state index in [2.05, 4.69) is 10.3 Å². The predicted octanol–water partition coefficient (Wildman–Crippen LogP) is 2.82. The maximum atomic E-state index is 13.0. The van der Waals surface area contributed by atoms with E-state index >= 15 is 0 Å². The Bertz CT molecular complexity index is 1010. The third kappa shape index (κ3) is 4.52. The molecule has 2 heterocycles. The van der Waals surface area contributed by atoms with Crippen molar-refractivity contribution in [3.63, 3.8) is 0 Å². The van der Waals surface area contributed by atoms with Crippen molar-refractivity contribution in [1.29, 1.82) is 0 Å². The predicted molar refractivity (Wildman–Crippen MR) is 106 cm³/mol. The highest BCUT2D eigenvalue weighted by atomic mass is 19.4. The zero-order chi connectivity index (χ0) is 22.3. The molecule has 1 aliphatic heterocycles. The molecule has 1 saturated heterocycles. The second kappa shape index (κ2) is 7.90. The first kappa shape index (κ1) is 21.2. The second-order valence-corrected chi connectivity index (χ2v) is 8.20. The van der Waals surface area contributed by atoms with E-state index in [4.69, 9.17) is 0 Å². The number of aromatic amines is 1. The molecule has 1 aromatic carbocycles. The number of amides is 4. The third-order valence-corrected chi connectivity index (χ3v) is 5.97. The third-order valence-electron chi connectivity index (χ3n) is 5.97. The van der Waals surface area contributed by atoms with Gasteiger partial charge in [-0.3, -0.25) is 14.5 Å². The number of para-hydroxylation sites is 1. The number of aromatic nitrogens is 1. The summed E-state index contributed by atoms with van der Waals surface area (Å²) in [5.41, 5.74) is 1.71. The van der Waals surface area contributed by atoms with Gasteiger partial charge in [-0.1, -0.05) is 18.2 Å². The van der Waals surface area contributed by atoms with Crippen molar-refractivity contribution in [2.75, 3.05) is 13.1 Å². The molecule has 2 aromatic rings. The molecule has 4 rings (SSSR count). The first-order chi connectivity index (χ1) is 14.6.